The summed E-state index contributed by atoms with van der Waals surface area (Å²) in [6, 6.07) is 0. The molecule has 15 heavy (non-hydrogen) atoms. The molecule has 0 aliphatic carbocycles. The lowest BCUT2D eigenvalue weighted by molar-refractivity contribution is -0.149. The van der Waals surface area contributed by atoms with Crippen LogP contribution in [0.3, 0.4) is 0 Å². The monoisotopic (exact) mass is 214 g/mol. The van der Waals surface area contributed by atoms with E-state index >= 15 is 0 Å². The number of methoxy groups -OCH3 is 1. The fourth-order valence-electron chi connectivity index (χ4n) is 2.39. The molecule has 2 aliphatic heterocycles. The van der Waals surface area contributed by atoms with E-state index in [2.05, 4.69) is 5.32 Å². The SMILES string of the molecule is COC(=O)[C@@H]1CN(C(=O)O)CC12CNC2. The van der Waals surface area contributed by atoms with Crippen LogP contribution in [0.5, 0.6) is 0 Å². The van der Waals surface area contributed by atoms with Crippen LogP contribution in [0.25, 0.3) is 0 Å². The Morgan fingerprint density at radius 1 is 1.53 bits per heavy atom. The van der Waals surface area contributed by atoms with Crippen LogP contribution in [0.15, 0.2) is 0 Å². The Morgan fingerprint density at radius 2 is 2.20 bits per heavy atom. The molecule has 2 saturated heterocycles. The quantitative estimate of drug-likeness (QED) is 0.567. The van der Waals surface area contributed by atoms with Gasteiger partial charge in [-0.15, -0.1) is 0 Å². The molecule has 1 spiro atoms. The number of hydrogen-bond acceptors (Lipinski definition) is 4. The molecule has 2 aliphatic rings. The average molecular weight is 214 g/mol. The molecule has 1 atom stereocenters. The van der Waals surface area contributed by atoms with Gasteiger partial charge in [0.1, 0.15) is 0 Å². The van der Waals surface area contributed by atoms with E-state index in [1.54, 1.807) is 0 Å². The van der Waals surface area contributed by atoms with Crippen molar-refractivity contribution in [1.82, 2.24) is 10.2 Å². The van der Waals surface area contributed by atoms with Gasteiger partial charge in [-0.25, -0.2) is 4.79 Å². The molecule has 0 aromatic carbocycles. The molecule has 0 radical (unpaired) electrons. The van der Waals surface area contributed by atoms with Crippen molar-refractivity contribution in [2.45, 2.75) is 0 Å². The third kappa shape index (κ3) is 1.45. The second-order valence-corrected chi connectivity index (χ2v) is 4.20. The summed E-state index contributed by atoms with van der Waals surface area (Å²) in [7, 11) is 1.34. The number of carbonyl (C=O) groups is 2. The Morgan fingerprint density at radius 3 is 2.60 bits per heavy atom. The van der Waals surface area contributed by atoms with E-state index in [0.717, 1.165) is 0 Å². The number of ether oxygens (including phenoxy) is 1. The van der Waals surface area contributed by atoms with Gasteiger partial charge in [0.25, 0.3) is 0 Å². The largest absolute Gasteiger partial charge is 0.469 e. The van der Waals surface area contributed by atoms with Crippen molar-refractivity contribution >= 4 is 12.1 Å². The molecule has 0 aromatic rings. The molecule has 6 heteroatoms. The summed E-state index contributed by atoms with van der Waals surface area (Å²) in [5.41, 5.74) is -0.231. The van der Waals surface area contributed by atoms with E-state index < -0.39 is 6.09 Å². The fraction of sp³-hybridized carbons (Fsp3) is 0.778. The minimum absolute atomic E-state index is 0.231. The van der Waals surface area contributed by atoms with Crippen LogP contribution < -0.4 is 5.32 Å². The Balaban J connectivity index is 2.15. The van der Waals surface area contributed by atoms with Crippen LogP contribution in [0.4, 0.5) is 4.79 Å². The van der Waals surface area contributed by atoms with Crippen LogP contribution in [-0.2, 0) is 9.53 Å². The summed E-state index contributed by atoms with van der Waals surface area (Å²) in [5, 5.41) is 12.0. The highest BCUT2D eigenvalue weighted by molar-refractivity contribution is 5.76. The van der Waals surface area contributed by atoms with Gasteiger partial charge in [0.05, 0.1) is 13.0 Å². The summed E-state index contributed by atoms with van der Waals surface area (Å²) in [6.45, 7) is 2.06. The maximum atomic E-state index is 11.5. The summed E-state index contributed by atoms with van der Waals surface area (Å²) >= 11 is 0. The molecule has 2 N–H and O–H groups in total. The third-order valence-electron chi connectivity index (χ3n) is 3.36. The first-order valence-corrected chi connectivity index (χ1v) is 4.85. The maximum absolute atomic E-state index is 11.5. The van der Waals surface area contributed by atoms with E-state index in [0.29, 0.717) is 19.6 Å². The van der Waals surface area contributed by atoms with Gasteiger partial charge in [-0.2, -0.15) is 0 Å². The highest BCUT2D eigenvalue weighted by atomic mass is 16.5. The maximum Gasteiger partial charge on any atom is 0.407 e. The Kier molecular flexibility index (Phi) is 2.30. The number of carboxylic acid groups (broad SMARTS) is 1. The zero-order valence-electron chi connectivity index (χ0n) is 8.52. The zero-order valence-corrected chi connectivity index (χ0v) is 8.52. The predicted molar refractivity (Wildman–Crippen MR) is 50.4 cm³/mol. The van der Waals surface area contributed by atoms with Crippen LogP contribution in [-0.4, -0.2) is 55.4 Å². The standard InChI is InChI=1S/C9H14N2O4/c1-15-7(12)6-2-11(8(13)14)5-9(6)3-10-4-9/h6,10H,2-5H2,1H3,(H,13,14)/t6-/m0/s1. The van der Waals surface area contributed by atoms with E-state index in [1.807, 2.05) is 0 Å². The highest BCUT2D eigenvalue weighted by Crippen LogP contribution is 2.40. The number of rotatable bonds is 1. The summed E-state index contributed by atoms with van der Waals surface area (Å²) in [5.74, 6) is -0.625. The Labute approximate surface area is 87.2 Å². The van der Waals surface area contributed by atoms with Crippen LogP contribution in [0, 0.1) is 11.3 Å². The van der Waals surface area contributed by atoms with Crippen molar-refractivity contribution in [3.8, 4) is 0 Å². The van der Waals surface area contributed by atoms with Gasteiger partial charge < -0.3 is 20.1 Å². The van der Waals surface area contributed by atoms with Crippen molar-refractivity contribution in [3.05, 3.63) is 0 Å². The molecule has 0 bridgehead atoms. The van der Waals surface area contributed by atoms with Crippen molar-refractivity contribution < 1.29 is 19.4 Å². The van der Waals surface area contributed by atoms with Gasteiger partial charge in [-0.1, -0.05) is 0 Å². The van der Waals surface area contributed by atoms with E-state index in [-0.39, 0.29) is 23.8 Å². The molecule has 84 valence electrons. The van der Waals surface area contributed by atoms with Crippen LogP contribution >= 0.6 is 0 Å². The normalized spacial score (nSPS) is 27.5. The molecular formula is C9H14N2O4. The lowest BCUT2D eigenvalue weighted by atomic mass is 9.73. The lowest BCUT2D eigenvalue weighted by Gasteiger charge is -2.41. The van der Waals surface area contributed by atoms with Crippen LogP contribution in [0.1, 0.15) is 0 Å². The van der Waals surface area contributed by atoms with Gasteiger partial charge in [-0.05, 0) is 0 Å². The molecular weight excluding hydrogens is 200 g/mol. The van der Waals surface area contributed by atoms with E-state index in [9.17, 15) is 9.59 Å². The van der Waals surface area contributed by atoms with E-state index in [4.69, 9.17) is 9.84 Å². The van der Waals surface area contributed by atoms with Crippen molar-refractivity contribution in [3.63, 3.8) is 0 Å². The minimum atomic E-state index is -0.965. The molecule has 2 rings (SSSR count). The number of likely N-dealkylation sites (tertiary alicyclic amines) is 1. The van der Waals surface area contributed by atoms with Crippen molar-refractivity contribution in [1.29, 1.82) is 0 Å². The number of carbonyl (C=O) groups excluding carboxylic acids is 1. The predicted octanol–water partition coefficient (Wildman–Crippen LogP) is -0.641. The number of esters is 1. The first-order chi connectivity index (χ1) is 7.09. The minimum Gasteiger partial charge on any atom is -0.469 e. The highest BCUT2D eigenvalue weighted by Gasteiger charge is 2.55. The van der Waals surface area contributed by atoms with Gasteiger partial charge in [-0.3, -0.25) is 4.79 Å². The Bertz CT molecular complexity index is 300. The average Bonchev–Trinajstić information content (AvgIpc) is 2.56. The van der Waals surface area contributed by atoms with E-state index in [1.165, 1.54) is 12.0 Å². The third-order valence-corrected chi connectivity index (χ3v) is 3.36. The zero-order chi connectivity index (χ0) is 11.1. The Hall–Kier alpha value is -1.30. The first kappa shape index (κ1) is 10.2. The smallest absolute Gasteiger partial charge is 0.407 e. The molecule has 6 nitrogen and oxygen atoms in total. The van der Waals surface area contributed by atoms with Crippen LogP contribution in [0.2, 0.25) is 0 Å². The molecule has 1 amide bonds. The summed E-state index contributed by atoms with van der Waals surface area (Å²) in [4.78, 5) is 23.7. The van der Waals surface area contributed by atoms with Gasteiger partial charge in [0.15, 0.2) is 0 Å². The summed E-state index contributed by atoms with van der Waals surface area (Å²) in [6.07, 6.45) is -0.965. The molecule has 0 unspecified atom stereocenters. The number of amides is 1. The number of nitrogens with one attached hydrogen (secondary N) is 1. The van der Waals surface area contributed by atoms with Gasteiger partial charge >= 0.3 is 12.1 Å². The number of nitrogens with zero attached hydrogens (tertiary/aromatic N) is 1. The fourth-order valence-corrected chi connectivity index (χ4v) is 2.39. The van der Waals surface area contributed by atoms with Gasteiger partial charge in [0, 0.05) is 31.6 Å². The first-order valence-electron chi connectivity index (χ1n) is 4.85. The lowest BCUT2D eigenvalue weighted by Crippen LogP contribution is -2.59. The molecule has 0 aromatic heterocycles. The molecule has 0 saturated carbocycles. The van der Waals surface area contributed by atoms with Gasteiger partial charge in [0.2, 0.25) is 0 Å². The van der Waals surface area contributed by atoms with Crippen molar-refractivity contribution in [2.24, 2.45) is 11.3 Å². The second kappa shape index (κ2) is 3.37. The molecule has 2 fully saturated rings. The topological polar surface area (TPSA) is 78.9 Å². The number of hydrogen-bond donors (Lipinski definition) is 2. The molecule has 2 heterocycles. The second-order valence-electron chi connectivity index (χ2n) is 4.20. The van der Waals surface area contributed by atoms with Crippen molar-refractivity contribution in [2.75, 3.05) is 33.3 Å². The summed E-state index contributed by atoms with van der Waals surface area (Å²) < 4.78 is 4.71.